The van der Waals surface area contributed by atoms with Crippen LogP contribution in [0.25, 0.3) is 0 Å². The van der Waals surface area contributed by atoms with Gasteiger partial charge in [0.15, 0.2) is 11.7 Å². The average molecular weight is 313 g/mol. The summed E-state index contributed by atoms with van der Waals surface area (Å²) >= 11 is 1.32. The van der Waals surface area contributed by atoms with Crippen molar-refractivity contribution in [1.29, 1.82) is 5.26 Å². The van der Waals surface area contributed by atoms with E-state index in [1.807, 2.05) is 18.4 Å². The molecule has 2 aromatic rings. The van der Waals surface area contributed by atoms with E-state index < -0.39 is 5.92 Å². The van der Waals surface area contributed by atoms with Crippen LogP contribution in [0.3, 0.4) is 0 Å². The Hall–Kier alpha value is -2.52. The van der Waals surface area contributed by atoms with Gasteiger partial charge in [-0.2, -0.15) is 5.26 Å². The Bertz CT molecular complexity index is 729. The Kier molecular flexibility index (Phi) is 5.02. The highest BCUT2D eigenvalue weighted by molar-refractivity contribution is 7.10. The van der Waals surface area contributed by atoms with Crippen molar-refractivity contribution >= 4 is 23.0 Å². The lowest BCUT2D eigenvalue weighted by molar-refractivity contribution is -0.119. The quantitative estimate of drug-likeness (QED) is 0.860. The summed E-state index contributed by atoms with van der Waals surface area (Å²) in [6.07, 6.45) is 0. The highest BCUT2D eigenvalue weighted by Crippen LogP contribution is 2.24. The third kappa shape index (κ3) is 3.77. The SMILES string of the molecule is CC(=O)NCc1ccc(C(=O)C(C#N)c2nc(C)cs2)cc1. The second-order valence-electron chi connectivity index (χ2n) is 4.86. The van der Waals surface area contributed by atoms with E-state index in [9.17, 15) is 14.9 Å². The van der Waals surface area contributed by atoms with Gasteiger partial charge in [-0.25, -0.2) is 4.98 Å². The molecular weight excluding hydrogens is 298 g/mol. The molecule has 0 aliphatic carbocycles. The second-order valence-corrected chi connectivity index (χ2v) is 5.75. The first-order valence-electron chi connectivity index (χ1n) is 6.70. The first-order valence-corrected chi connectivity index (χ1v) is 7.58. The van der Waals surface area contributed by atoms with Gasteiger partial charge in [0.2, 0.25) is 5.91 Å². The number of hydrogen-bond acceptors (Lipinski definition) is 5. The van der Waals surface area contributed by atoms with Crippen LogP contribution in [-0.2, 0) is 11.3 Å². The number of Topliss-reactive ketones (excluding diaryl/α,β-unsaturated/α-hetero) is 1. The van der Waals surface area contributed by atoms with Crippen LogP contribution in [0, 0.1) is 18.3 Å². The van der Waals surface area contributed by atoms with Crippen molar-refractivity contribution in [3.8, 4) is 6.07 Å². The van der Waals surface area contributed by atoms with Gasteiger partial charge in [0.1, 0.15) is 5.01 Å². The molecular formula is C16H15N3O2S. The largest absolute Gasteiger partial charge is 0.352 e. The number of benzene rings is 1. The molecule has 0 aliphatic rings. The van der Waals surface area contributed by atoms with E-state index >= 15 is 0 Å². The number of nitriles is 1. The number of hydrogen-bond donors (Lipinski definition) is 1. The van der Waals surface area contributed by atoms with E-state index in [2.05, 4.69) is 10.3 Å². The molecule has 6 heteroatoms. The zero-order valence-corrected chi connectivity index (χ0v) is 13.1. The molecule has 1 N–H and O–H groups in total. The van der Waals surface area contributed by atoms with Crippen LogP contribution in [0.1, 0.15) is 39.5 Å². The van der Waals surface area contributed by atoms with Crippen LogP contribution >= 0.6 is 11.3 Å². The molecule has 0 bridgehead atoms. The lowest BCUT2D eigenvalue weighted by Crippen LogP contribution is -2.19. The zero-order chi connectivity index (χ0) is 16.1. The molecule has 5 nitrogen and oxygen atoms in total. The van der Waals surface area contributed by atoms with Gasteiger partial charge in [-0.05, 0) is 12.5 Å². The van der Waals surface area contributed by atoms with E-state index in [-0.39, 0.29) is 11.7 Å². The zero-order valence-electron chi connectivity index (χ0n) is 12.3. The average Bonchev–Trinajstić information content (AvgIpc) is 2.92. The molecule has 22 heavy (non-hydrogen) atoms. The highest BCUT2D eigenvalue weighted by Gasteiger charge is 2.24. The van der Waals surface area contributed by atoms with Crippen LogP contribution in [0.15, 0.2) is 29.6 Å². The van der Waals surface area contributed by atoms with Crippen LogP contribution in [-0.4, -0.2) is 16.7 Å². The minimum Gasteiger partial charge on any atom is -0.352 e. The van der Waals surface area contributed by atoms with Crippen molar-refractivity contribution in [3.05, 3.63) is 51.5 Å². The maximum atomic E-state index is 12.4. The molecule has 112 valence electrons. The standard InChI is InChI=1S/C16H15N3O2S/c1-10-9-22-16(19-10)14(7-17)15(21)13-5-3-12(4-6-13)8-18-11(2)20/h3-6,9,14H,8H2,1-2H3,(H,18,20). The van der Waals surface area contributed by atoms with Gasteiger partial charge in [-0.3, -0.25) is 9.59 Å². The lowest BCUT2D eigenvalue weighted by Gasteiger charge is -2.07. The molecule has 1 atom stereocenters. The molecule has 0 fully saturated rings. The number of carbonyl (C=O) groups excluding carboxylic acids is 2. The number of amides is 1. The highest BCUT2D eigenvalue weighted by atomic mass is 32.1. The fourth-order valence-corrected chi connectivity index (χ4v) is 2.75. The molecule has 0 aliphatic heterocycles. The van der Waals surface area contributed by atoms with Gasteiger partial charge in [-0.15, -0.1) is 11.3 Å². The van der Waals surface area contributed by atoms with Crippen molar-refractivity contribution in [2.45, 2.75) is 26.3 Å². The Morgan fingerprint density at radius 3 is 2.55 bits per heavy atom. The monoisotopic (exact) mass is 313 g/mol. The van der Waals surface area contributed by atoms with Crippen molar-refractivity contribution in [2.24, 2.45) is 0 Å². The predicted octanol–water partition coefficient (Wildman–Crippen LogP) is 2.58. The minimum atomic E-state index is -0.875. The number of nitrogens with zero attached hydrogens (tertiary/aromatic N) is 2. The smallest absolute Gasteiger partial charge is 0.217 e. The predicted molar refractivity (Wildman–Crippen MR) is 83.5 cm³/mol. The van der Waals surface area contributed by atoms with Gasteiger partial charge in [0.25, 0.3) is 0 Å². The van der Waals surface area contributed by atoms with Crippen molar-refractivity contribution in [2.75, 3.05) is 0 Å². The maximum absolute atomic E-state index is 12.4. The van der Waals surface area contributed by atoms with Crippen molar-refractivity contribution in [1.82, 2.24) is 10.3 Å². The van der Waals surface area contributed by atoms with Crippen molar-refractivity contribution < 1.29 is 9.59 Å². The van der Waals surface area contributed by atoms with E-state index in [4.69, 9.17) is 0 Å². The summed E-state index contributed by atoms with van der Waals surface area (Å²) in [4.78, 5) is 27.5. The Morgan fingerprint density at radius 1 is 1.36 bits per heavy atom. The molecule has 1 aromatic heterocycles. The molecule has 1 aromatic carbocycles. The van der Waals surface area contributed by atoms with Gasteiger partial charge >= 0.3 is 0 Å². The molecule has 0 saturated carbocycles. The third-order valence-electron chi connectivity index (χ3n) is 3.05. The molecule has 2 rings (SSSR count). The first kappa shape index (κ1) is 15.9. The Labute approximate surface area is 132 Å². The number of carbonyl (C=O) groups is 2. The first-order chi connectivity index (χ1) is 10.5. The van der Waals surface area contributed by atoms with Crippen LogP contribution in [0.2, 0.25) is 0 Å². The van der Waals surface area contributed by atoms with E-state index in [0.29, 0.717) is 17.1 Å². The Balaban J connectivity index is 2.14. The summed E-state index contributed by atoms with van der Waals surface area (Å²) in [5.74, 6) is -1.24. The number of ketones is 1. The molecule has 0 spiro atoms. The van der Waals surface area contributed by atoms with Gasteiger partial charge in [0.05, 0.1) is 6.07 Å². The number of aryl methyl sites for hydroxylation is 1. The van der Waals surface area contributed by atoms with Gasteiger partial charge < -0.3 is 5.32 Å². The normalized spacial score (nSPS) is 11.5. The van der Waals surface area contributed by atoms with Crippen LogP contribution in [0.4, 0.5) is 0 Å². The van der Waals surface area contributed by atoms with Gasteiger partial charge in [0, 0.05) is 30.1 Å². The summed E-state index contributed by atoms with van der Waals surface area (Å²) in [7, 11) is 0. The maximum Gasteiger partial charge on any atom is 0.217 e. The van der Waals surface area contributed by atoms with Crippen LogP contribution < -0.4 is 5.32 Å². The molecule has 1 unspecified atom stereocenters. The topological polar surface area (TPSA) is 82.9 Å². The molecule has 1 heterocycles. The van der Waals surface area contributed by atoms with Crippen molar-refractivity contribution in [3.63, 3.8) is 0 Å². The van der Waals surface area contributed by atoms with E-state index in [1.165, 1.54) is 18.3 Å². The Morgan fingerprint density at radius 2 is 2.05 bits per heavy atom. The molecule has 0 saturated heterocycles. The summed E-state index contributed by atoms with van der Waals surface area (Å²) in [6.45, 7) is 3.69. The fraction of sp³-hybridized carbons (Fsp3) is 0.250. The minimum absolute atomic E-state index is 0.108. The van der Waals surface area contributed by atoms with Gasteiger partial charge in [-0.1, -0.05) is 24.3 Å². The van der Waals surface area contributed by atoms with Crippen LogP contribution in [0.5, 0.6) is 0 Å². The lowest BCUT2D eigenvalue weighted by atomic mass is 9.98. The summed E-state index contributed by atoms with van der Waals surface area (Å²) in [5.41, 5.74) is 2.16. The molecule has 1 amide bonds. The summed E-state index contributed by atoms with van der Waals surface area (Å²) < 4.78 is 0. The fourth-order valence-electron chi connectivity index (χ4n) is 1.91. The van der Waals surface area contributed by atoms with E-state index in [1.54, 1.807) is 24.3 Å². The third-order valence-corrected chi connectivity index (χ3v) is 4.08. The number of rotatable bonds is 5. The number of thiazole rings is 1. The number of aromatic nitrogens is 1. The second kappa shape index (κ2) is 6.96. The number of nitrogens with one attached hydrogen (secondary N) is 1. The van der Waals surface area contributed by atoms with E-state index in [0.717, 1.165) is 11.3 Å². The summed E-state index contributed by atoms with van der Waals surface area (Å²) in [6, 6.07) is 8.90. The molecule has 0 radical (unpaired) electrons. The summed E-state index contributed by atoms with van der Waals surface area (Å²) in [5, 5.41) is 14.3.